The van der Waals surface area contributed by atoms with E-state index in [4.69, 9.17) is 9.47 Å². The molecule has 0 N–H and O–H groups in total. The molecule has 0 aromatic carbocycles. The van der Waals surface area contributed by atoms with Crippen LogP contribution in [0.2, 0.25) is 0 Å². The van der Waals surface area contributed by atoms with Crippen LogP contribution in [0.5, 0.6) is 0 Å². The molecular weight excluding hydrogens is 248 g/mol. The fraction of sp³-hybridized carbons (Fsp3) is 0.700. The van der Waals surface area contributed by atoms with Crippen molar-refractivity contribution in [2.75, 3.05) is 7.11 Å². The molecule has 0 amide bonds. The van der Waals surface area contributed by atoms with Crippen LogP contribution in [0.15, 0.2) is 10.2 Å². The number of methoxy groups -OCH3 is 1. The summed E-state index contributed by atoms with van der Waals surface area (Å²) in [6, 6.07) is 0. The molecule has 3 atom stereocenters. The zero-order valence-corrected chi connectivity index (χ0v) is 9.46. The topological polar surface area (TPSA) is 35.5 Å². The molecular formula is C10H11BrO3. The van der Waals surface area contributed by atoms with E-state index in [-0.39, 0.29) is 17.5 Å². The maximum atomic E-state index is 11.7. The van der Waals surface area contributed by atoms with Gasteiger partial charge >= 0.3 is 0 Å². The van der Waals surface area contributed by atoms with Gasteiger partial charge in [0, 0.05) is 6.42 Å². The van der Waals surface area contributed by atoms with Crippen molar-refractivity contribution in [2.24, 2.45) is 5.92 Å². The maximum Gasteiger partial charge on any atom is 0.176 e. The molecule has 3 nitrogen and oxygen atoms in total. The molecule has 3 fully saturated rings. The predicted molar refractivity (Wildman–Crippen MR) is 52.9 cm³/mol. The van der Waals surface area contributed by atoms with Crippen molar-refractivity contribution < 1.29 is 14.3 Å². The van der Waals surface area contributed by atoms with E-state index in [0.29, 0.717) is 16.8 Å². The normalized spacial score (nSPS) is 44.9. The van der Waals surface area contributed by atoms with Crippen molar-refractivity contribution in [1.82, 2.24) is 0 Å². The zero-order chi connectivity index (χ0) is 9.92. The van der Waals surface area contributed by atoms with E-state index in [1.165, 1.54) is 0 Å². The molecule has 1 saturated carbocycles. The summed E-state index contributed by atoms with van der Waals surface area (Å²) in [6.45, 7) is 0. The van der Waals surface area contributed by atoms with Gasteiger partial charge < -0.3 is 9.47 Å². The molecule has 0 radical (unpaired) electrons. The van der Waals surface area contributed by atoms with Crippen molar-refractivity contribution in [3.05, 3.63) is 10.2 Å². The van der Waals surface area contributed by atoms with E-state index in [9.17, 15) is 4.79 Å². The van der Waals surface area contributed by atoms with Crippen molar-refractivity contribution >= 4 is 21.7 Å². The van der Waals surface area contributed by atoms with Crippen LogP contribution in [0.4, 0.5) is 0 Å². The van der Waals surface area contributed by atoms with Crippen LogP contribution in [0.3, 0.4) is 0 Å². The Morgan fingerprint density at radius 1 is 1.64 bits per heavy atom. The summed E-state index contributed by atoms with van der Waals surface area (Å²) in [5, 5.41) is 0. The first-order valence-corrected chi connectivity index (χ1v) is 5.62. The largest absolute Gasteiger partial charge is 0.499 e. The van der Waals surface area contributed by atoms with Gasteiger partial charge in [-0.2, -0.15) is 0 Å². The minimum Gasteiger partial charge on any atom is -0.499 e. The second-order valence-corrected chi connectivity index (χ2v) is 5.01. The Labute approximate surface area is 90.6 Å². The number of halogens is 1. The van der Waals surface area contributed by atoms with E-state index < -0.39 is 0 Å². The lowest BCUT2D eigenvalue weighted by atomic mass is 9.75. The highest BCUT2D eigenvalue weighted by Gasteiger charge is 2.66. The highest BCUT2D eigenvalue weighted by molar-refractivity contribution is 9.12. The van der Waals surface area contributed by atoms with Gasteiger partial charge in [-0.1, -0.05) is 0 Å². The number of hydrogen-bond acceptors (Lipinski definition) is 3. The molecule has 3 unspecified atom stereocenters. The summed E-state index contributed by atoms with van der Waals surface area (Å²) in [7, 11) is 1.63. The lowest BCUT2D eigenvalue weighted by Gasteiger charge is -2.49. The molecule has 0 aromatic heterocycles. The highest BCUT2D eigenvalue weighted by Crippen LogP contribution is 2.60. The predicted octanol–water partition coefficient (Wildman–Crippen LogP) is 1.76. The third-order valence-electron chi connectivity index (χ3n) is 3.60. The smallest absolute Gasteiger partial charge is 0.176 e. The number of fused-ring (bicyclic) bond motifs is 1. The lowest BCUT2D eigenvalue weighted by Crippen LogP contribution is -2.57. The number of ether oxygens (including phenoxy) is 2. The van der Waals surface area contributed by atoms with Gasteiger partial charge in [-0.3, -0.25) is 4.79 Å². The van der Waals surface area contributed by atoms with Crippen LogP contribution in [0.1, 0.15) is 19.3 Å². The fourth-order valence-corrected chi connectivity index (χ4v) is 3.57. The number of ketones is 1. The Balaban J connectivity index is 2.08. The summed E-state index contributed by atoms with van der Waals surface area (Å²) in [5.41, 5.74) is -0.204. The highest BCUT2D eigenvalue weighted by atomic mass is 79.9. The molecule has 14 heavy (non-hydrogen) atoms. The van der Waals surface area contributed by atoms with Gasteiger partial charge in [-0.15, -0.1) is 0 Å². The van der Waals surface area contributed by atoms with Crippen LogP contribution in [-0.4, -0.2) is 24.6 Å². The van der Waals surface area contributed by atoms with E-state index in [2.05, 4.69) is 15.9 Å². The third-order valence-corrected chi connectivity index (χ3v) is 4.43. The van der Waals surface area contributed by atoms with Gasteiger partial charge in [0.25, 0.3) is 0 Å². The van der Waals surface area contributed by atoms with Gasteiger partial charge in [-0.05, 0) is 28.8 Å². The molecule has 2 heterocycles. The van der Waals surface area contributed by atoms with Gasteiger partial charge in [0.15, 0.2) is 5.78 Å². The first kappa shape index (κ1) is 8.92. The van der Waals surface area contributed by atoms with Crippen molar-refractivity contribution in [1.29, 1.82) is 0 Å². The molecule has 76 valence electrons. The van der Waals surface area contributed by atoms with E-state index in [1.807, 2.05) is 0 Å². The summed E-state index contributed by atoms with van der Waals surface area (Å²) in [4.78, 5) is 11.7. The number of rotatable bonds is 1. The number of allylic oxidation sites excluding steroid dienone is 1. The Bertz CT molecular complexity index is 345. The molecule has 2 aliphatic carbocycles. The van der Waals surface area contributed by atoms with Gasteiger partial charge in [0.05, 0.1) is 29.2 Å². The van der Waals surface area contributed by atoms with Gasteiger partial charge in [0.1, 0.15) is 5.76 Å². The average Bonchev–Trinajstić information content (AvgIpc) is 2.69. The standard InChI is InChI=1S/C10H11BrO3/c1-13-9-7-6-2-3-10(7,14-6)4-5(12)8(9)11/h6-7H,2-4H2,1H3. The maximum absolute atomic E-state index is 11.7. The van der Waals surface area contributed by atoms with Crippen LogP contribution in [-0.2, 0) is 14.3 Å². The lowest BCUT2D eigenvalue weighted by molar-refractivity contribution is -0.212. The number of Topliss-reactive ketones (excluding diaryl/α,β-unsaturated/α-hetero) is 1. The molecule has 4 heteroatoms. The summed E-state index contributed by atoms with van der Waals surface area (Å²) in [5.74, 6) is 1.23. The number of hydrogen-bond donors (Lipinski definition) is 0. The van der Waals surface area contributed by atoms with Crippen LogP contribution < -0.4 is 0 Å². The summed E-state index contributed by atoms with van der Waals surface area (Å²) < 4.78 is 11.7. The second kappa shape index (κ2) is 2.61. The summed E-state index contributed by atoms with van der Waals surface area (Å²) >= 11 is 3.31. The molecule has 2 aliphatic heterocycles. The second-order valence-electron chi connectivity index (χ2n) is 4.22. The quantitative estimate of drug-likeness (QED) is 0.719. The van der Waals surface area contributed by atoms with Crippen LogP contribution >= 0.6 is 15.9 Å². The average molecular weight is 259 g/mol. The fourth-order valence-electron chi connectivity index (χ4n) is 3.02. The third kappa shape index (κ3) is 0.841. The number of carbonyl (C=O) groups excluding carboxylic acids is 1. The first-order valence-electron chi connectivity index (χ1n) is 4.82. The zero-order valence-electron chi connectivity index (χ0n) is 7.88. The van der Waals surface area contributed by atoms with Crippen LogP contribution in [0.25, 0.3) is 0 Å². The molecule has 0 aromatic rings. The molecule has 1 spiro atoms. The number of carbonyl (C=O) groups is 1. The monoisotopic (exact) mass is 258 g/mol. The molecule has 4 rings (SSSR count). The Morgan fingerprint density at radius 2 is 2.43 bits per heavy atom. The van der Waals surface area contributed by atoms with E-state index in [0.717, 1.165) is 18.6 Å². The Kier molecular flexibility index (Phi) is 1.66. The minimum atomic E-state index is -0.204. The van der Waals surface area contributed by atoms with Crippen molar-refractivity contribution in [3.63, 3.8) is 0 Å². The van der Waals surface area contributed by atoms with Gasteiger partial charge in [-0.25, -0.2) is 0 Å². The first-order chi connectivity index (χ1) is 6.68. The van der Waals surface area contributed by atoms with E-state index in [1.54, 1.807) is 7.11 Å². The molecule has 2 saturated heterocycles. The van der Waals surface area contributed by atoms with Crippen molar-refractivity contribution in [3.8, 4) is 0 Å². The Hall–Kier alpha value is -0.350. The Morgan fingerprint density at radius 3 is 3.07 bits per heavy atom. The molecule has 4 aliphatic rings. The van der Waals surface area contributed by atoms with Gasteiger partial charge in [0.2, 0.25) is 0 Å². The van der Waals surface area contributed by atoms with E-state index >= 15 is 0 Å². The minimum absolute atomic E-state index is 0.110. The van der Waals surface area contributed by atoms with Crippen LogP contribution in [0, 0.1) is 5.92 Å². The SMILES string of the molecule is COC1=C(Br)C(=O)CC23CCC(O2)C13. The van der Waals surface area contributed by atoms with Crippen molar-refractivity contribution in [2.45, 2.75) is 31.0 Å². The molecule has 2 bridgehead atoms. The summed E-state index contributed by atoms with van der Waals surface area (Å²) in [6.07, 6.45) is 2.86.